The first-order chi connectivity index (χ1) is 9.56. The van der Waals surface area contributed by atoms with E-state index < -0.39 is 0 Å². The zero-order chi connectivity index (χ0) is 14.5. The van der Waals surface area contributed by atoms with Crippen molar-refractivity contribution >= 4 is 34.7 Å². The van der Waals surface area contributed by atoms with Crippen LogP contribution in [0.25, 0.3) is 0 Å². The highest BCUT2D eigenvalue weighted by atomic mass is 32.2. The minimum Gasteiger partial charge on any atom is -0.399 e. The lowest BCUT2D eigenvalue weighted by atomic mass is 10.2. The number of nitrogen functional groups attached to an aromatic ring is 1. The van der Waals surface area contributed by atoms with Gasteiger partial charge in [-0.3, -0.25) is 4.79 Å². The molecule has 0 saturated heterocycles. The van der Waals surface area contributed by atoms with Gasteiger partial charge >= 0.3 is 0 Å². The van der Waals surface area contributed by atoms with E-state index in [9.17, 15) is 4.79 Å². The number of hydrogen-bond acceptors (Lipinski definition) is 4. The standard InChI is InChI=1S/C15H18N2OS2/c1-11-8-12(5-6-14(11)16)20-10-15(18)17(2)9-13-4-3-7-19-13/h3-8H,9-10,16H2,1-2H3. The van der Waals surface area contributed by atoms with Crippen LogP contribution in [-0.2, 0) is 11.3 Å². The van der Waals surface area contributed by atoms with Crippen LogP contribution in [0.15, 0.2) is 40.6 Å². The molecule has 0 saturated carbocycles. The SMILES string of the molecule is Cc1cc(SCC(=O)N(C)Cc2cccs2)ccc1N. The number of aryl methyl sites for hydroxylation is 1. The van der Waals surface area contributed by atoms with E-state index in [2.05, 4.69) is 0 Å². The van der Waals surface area contributed by atoms with Gasteiger partial charge in [-0.2, -0.15) is 0 Å². The van der Waals surface area contributed by atoms with Gasteiger partial charge in [0, 0.05) is 22.5 Å². The molecule has 2 rings (SSSR count). The maximum atomic E-state index is 12.1. The van der Waals surface area contributed by atoms with Gasteiger partial charge in [0.1, 0.15) is 0 Å². The van der Waals surface area contributed by atoms with Crippen molar-refractivity contribution in [2.45, 2.75) is 18.4 Å². The Kier molecular flexibility index (Phi) is 5.09. The van der Waals surface area contributed by atoms with E-state index in [1.807, 2.05) is 49.7 Å². The maximum Gasteiger partial charge on any atom is 0.233 e. The normalized spacial score (nSPS) is 10.5. The van der Waals surface area contributed by atoms with Crippen LogP contribution in [0.2, 0.25) is 0 Å². The second-order valence-electron chi connectivity index (χ2n) is 4.64. The summed E-state index contributed by atoms with van der Waals surface area (Å²) in [6, 6.07) is 9.92. The number of carbonyl (C=O) groups excluding carboxylic acids is 1. The Labute approximate surface area is 127 Å². The number of amides is 1. The Morgan fingerprint density at radius 3 is 2.85 bits per heavy atom. The molecule has 2 N–H and O–H groups in total. The van der Waals surface area contributed by atoms with Crippen molar-refractivity contribution in [2.75, 3.05) is 18.5 Å². The molecule has 5 heteroatoms. The van der Waals surface area contributed by atoms with Crippen LogP contribution < -0.4 is 5.73 Å². The second kappa shape index (κ2) is 6.81. The first kappa shape index (κ1) is 14.9. The number of thioether (sulfide) groups is 1. The lowest BCUT2D eigenvalue weighted by Crippen LogP contribution is -2.27. The third-order valence-corrected chi connectivity index (χ3v) is 4.84. The molecule has 0 bridgehead atoms. The summed E-state index contributed by atoms with van der Waals surface area (Å²) in [6.45, 7) is 2.65. The van der Waals surface area contributed by atoms with Gasteiger partial charge in [-0.1, -0.05) is 6.07 Å². The lowest BCUT2D eigenvalue weighted by molar-refractivity contribution is -0.127. The zero-order valence-corrected chi connectivity index (χ0v) is 13.3. The predicted octanol–water partition coefficient (Wildman–Crippen LogP) is 3.39. The summed E-state index contributed by atoms with van der Waals surface area (Å²) in [5.74, 6) is 0.587. The number of nitrogens with two attached hydrogens (primary N) is 1. The quantitative estimate of drug-likeness (QED) is 0.680. The highest BCUT2D eigenvalue weighted by Crippen LogP contribution is 2.23. The van der Waals surface area contributed by atoms with Crippen LogP contribution in [0.1, 0.15) is 10.4 Å². The zero-order valence-electron chi connectivity index (χ0n) is 11.6. The van der Waals surface area contributed by atoms with E-state index >= 15 is 0 Å². The van der Waals surface area contributed by atoms with Crippen LogP contribution in [-0.4, -0.2) is 23.6 Å². The summed E-state index contributed by atoms with van der Waals surface area (Å²) in [6.07, 6.45) is 0. The molecule has 0 spiro atoms. The molecule has 0 radical (unpaired) electrons. The fourth-order valence-electron chi connectivity index (χ4n) is 1.72. The Hall–Kier alpha value is -1.46. The summed E-state index contributed by atoms with van der Waals surface area (Å²) in [4.78, 5) is 16.1. The summed E-state index contributed by atoms with van der Waals surface area (Å²) in [5.41, 5.74) is 7.62. The summed E-state index contributed by atoms with van der Waals surface area (Å²) < 4.78 is 0. The van der Waals surface area contributed by atoms with Gasteiger partial charge in [0.25, 0.3) is 0 Å². The molecule has 0 atom stereocenters. The van der Waals surface area contributed by atoms with Crippen molar-refractivity contribution in [3.63, 3.8) is 0 Å². The van der Waals surface area contributed by atoms with E-state index in [0.29, 0.717) is 12.3 Å². The molecular formula is C15H18N2OS2. The molecule has 0 aliphatic heterocycles. The van der Waals surface area contributed by atoms with E-state index in [0.717, 1.165) is 16.1 Å². The molecule has 0 unspecified atom stereocenters. The van der Waals surface area contributed by atoms with Crippen LogP contribution >= 0.6 is 23.1 Å². The van der Waals surface area contributed by atoms with Gasteiger partial charge in [0.15, 0.2) is 0 Å². The molecule has 0 aliphatic carbocycles. The van der Waals surface area contributed by atoms with Gasteiger partial charge in [-0.15, -0.1) is 23.1 Å². The third-order valence-electron chi connectivity index (χ3n) is 3.00. The first-order valence-electron chi connectivity index (χ1n) is 6.31. The molecule has 1 amide bonds. The van der Waals surface area contributed by atoms with Crippen LogP contribution in [0, 0.1) is 6.92 Å². The van der Waals surface area contributed by atoms with Crippen molar-refractivity contribution in [2.24, 2.45) is 0 Å². The second-order valence-corrected chi connectivity index (χ2v) is 6.72. The van der Waals surface area contributed by atoms with Gasteiger partial charge in [0.05, 0.1) is 12.3 Å². The van der Waals surface area contributed by atoms with Crippen molar-refractivity contribution in [1.82, 2.24) is 4.90 Å². The molecule has 1 aromatic heterocycles. The van der Waals surface area contributed by atoms with E-state index in [-0.39, 0.29) is 5.91 Å². The van der Waals surface area contributed by atoms with E-state index in [1.54, 1.807) is 28.0 Å². The number of thiophene rings is 1. The van der Waals surface area contributed by atoms with Gasteiger partial charge < -0.3 is 10.6 Å². The van der Waals surface area contributed by atoms with Crippen molar-refractivity contribution in [3.8, 4) is 0 Å². The molecule has 1 aromatic carbocycles. The third kappa shape index (κ3) is 4.02. The molecule has 0 fully saturated rings. The van der Waals surface area contributed by atoms with Crippen molar-refractivity contribution in [1.29, 1.82) is 0 Å². The van der Waals surface area contributed by atoms with Crippen LogP contribution in [0.5, 0.6) is 0 Å². The Morgan fingerprint density at radius 2 is 2.20 bits per heavy atom. The Bertz CT molecular complexity index is 582. The Balaban J connectivity index is 1.86. The van der Waals surface area contributed by atoms with Crippen LogP contribution in [0.4, 0.5) is 5.69 Å². The highest BCUT2D eigenvalue weighted by Gasteiger charge is 2.10. The smallest absolute Gasteiger partial charge is 0.233 e. The number of hydrogen-bond donors (Lipinski definition) is 1. The molecule has 3 nitrogen and oxygen atoms in total. The van der Waals surface area contributed by atoms with Gasteiger partial charge in [-0.25, -0.2) is 0 Å². The minimum atomic E-state index is 0.137. The van der Waals surface area contributed by atoms with Crippen molar-refractivity contribution in [3.05, 3.63) is 46.2 Å². The minimum absolute atomic E-state index is 0.137. The summed E-state index contributed by atoms with van der Waals surface area (Å²) in [5, 5.41) is 2.03. The average molecular weight is 306 g/mol. The number of benzene rings is 1. The molecule has 20 heavy (non-hydrogen) atoms. The first-order valence-corrected chi connectivity index (χ1v) is 8.18. The average Bonchev–Trinajstić information content (AvgIpc) is 2.92. The molecule has 2 aromatic rings. The molecule has 1 heterocycles. The predicted molar refractivity (Wildman–Crippen MR) is 87.1 cm³/mol. The van der Waals surface area contributed by atoms with Gasteiger partial charge in [-0.05, 0) is 42.1 Å². The molecule has 0 aliphatic rings. The number of anilines is 1. The molecular weight excluding hydrogens is 288 g/mol. The fourth-order valence-corrected chi connectivity index (χ4v) is 3.41. The monoisotopic (exact) mass is 306 g/mol. The van der Waals surface area contributed by atoms with E-state index in [4.69, 9.17) is 5.73 Å². The lowest BCUT2D eigenvalue weighted by Gasteiger charge is -2.16. The summed E-state index contributed by atoms with van der Waals surface area (Å²) in [7, 11) is 1.84. The van der Waals surface area contributed by atoms with Gasteiger partial charge in [0.2, 0.25) is 5.91 Å². The Morgan fingerprint density at radius 1 is 1.40 bits per heavy atom. The fraction of sp³-hybridized carbons (Fsp3) is 0.267. The highest BCUT2D eigenvalue weighted by molar-refractivity contribution is 8.00. The van der Waals surface area contributed by atoms with Crippen molar-refractivity contribution < 1.29 is 4.79 Å². The molecule has 106 valence electrons. The summed E-state index contributed by atoms with van der Waals surface area (Å²) >= 11 is 3.22. The van der Waals surface area contributed by atoms with E-state index in [1.165, 1.54) is 4.88 Å². The topological polar surface area (TPSA) is 46.3 Å². The number of nitrogens with zero attached hydrogens (tertiary/aromatic N) is 1. The number of carbonyl (C=O) groups is 1. The number of rotatable bonds is 5. The van der Waals surface area contributed by atoms with Crippen LogP contribution in [0.3, 0.4) is 0 Å². The largest absolute Gasteiger partial charge is 0.399 e. The maximum absolute atomic E-state index is 12.1.